The molecular formula is C7H16N2S. The van der Waals surface area contributed by atoms with Gasteiger partial charge >= 0.3 is 0 Å². The first-order chi connectivity index (χ1) is 4.88. The number of likely N-dealkylation sites (tertiary alicyclic amines) is 1. The van der Waals surface area contributed by atoms with Crippen molar-refractivity contribution >= 4 is 11.9 Å². The lowest BCUT2D eigenvalue weighted by Crippen LogP contribution is -2.31. The fraction of sp³-hybridized carbons (Fsp3) is 1.00. The van der Waals surface area contributed by atoms with E-state index in [1.165, 1.54) is 37.9 Å². The van der Waals surface area contributed by atoms with Crippen LogP contribution in [0.2, 0.25) is 0 Å². The van der Waals surface area contributed by atoms with Gasteiger partial charge in [0, 0.05) is 11.8 Å². The summed E-state index contributed by atoms with van der Waals surface area (Å²) in [6.45, 7) is 4.69. The third-order valence-corrected chi connectivity index (χ3v) is 2.77. The van der Waals surface area contributed by atoms with Gasteiger partial charge in [0.15, 0.2) is 0 Å². The summed E-state index contributed by atoms with van der Waals surface area (Å²) in [6, 6.07) is 0.764. The zero-order chi connectivity index (χ0) is 7.40. The highest BCUT2D eigenvalue weighted by Gasteiger charge is 2.21. The molecule has 2 N–H and O–H groups in total. The van der Waals surface area contributed by atoms with Crippen LogP contribution in [0.25, 0.3) is 0 Å². The summed E-state index contributed by atoms with van der Waals surface area (Å²) in [4.78, 5) is 2.51. The summed E-state index contributed by atoms with van der Waals surface area (Å²) >= 11 is 1.48. The van der Waals surface area contributed by atoms with Crippen molar-refractivity contribution in [1.29, 1.82) is 0 Å². The summed E-state index contributed by atoms with van der Waals surface area (Å²) in [5.74, 6) is 1.10. The Balaban J connectivity index is 2.27. The molecule has 10 heavy (non-hydrogen) atoms. The van der Waals surface area contributed by atoms with Crippen LogP contribution in [-0.4, -0.2) is 29.8 Å². The van der Waals surface area contributed by atoms with Gasteiger partial charge in [-0.3, -0.25) is 10.0 Å². The Morgan fingerprint density at radius 2 is 2.50 bits per heavy atom. The molecule has 1 heterocycles. The summed E-state index contributed by atoms with van der Waals surface area (Å²) in [6.07, 6.45) is 2.71. The Bertz CT molecular complexity index is 97.6. The van der Waals surface area contributed by atoms with E-state index >= 15 is 0 Å². The molecule has 0 aromatic carbocycles. The van der Waals surface area contributed by atoms with Crippen LogP contribution in [-0.2, 0) is 0 Å². The molecule has 1 saturated heterocycles. The van der Waals surface area contributed by atoms with Crippen LogP contribution in [0.5, 0.6) is 0 Å². The van der Waals surface area contributed by atoms with Crippen molar-refractivity contribution < 1.29 is 0 Å². The Kier molecular flexibility index (Phi) is 3.52. The number of hydrogen-bond acceptors (Lipinski definition) is 3. The molecule has 0 radical (unpaired) electrons. The van der Waals surface area contributed by atoms with Crippen LogP contribution in [0.1, 0.15) is 19.8 Å². The zero-order valence-electron chi connectivity index (χ0n) is 6.55. The number of nitrogens with zero attached hydrogens (tertiary/aromatic N) is 1. The van der Waals surface area contributed by atoms with Gasteiger partial charge in [0.2, 0.25) is 0 Å². The van der Waals surface area contributed by atoms with Crippen molar-refractivity contribution in [2.45, 2.75) is 25.8 Å². The maximum absolute atomic E-state index is 5.42. The SMILES string of the molecule is CCN1CCCC1CSN. The largest absolute Gasteiger partial charge is 0.300 e. The van der Waals surface area contributed by atoms with Crippen molar-refractivity contribution in [2.75, 3.05) is 18.8 Å². The van der Waals surface area contributed by atoms with E-state index in [1.807, 2.05) is 0 Å². The molecule has 3 heteroatoms. The summed E-state index contributed by atoms with van der Waals surface area (Å²) in [5, 5.41) is 5.42. The molecule has 1 aliphatic rings. The van der Waals surface area contributed by atoms with E-state index in [4.69, 9.17) is 5.14 Å². The standard InChI is InChI=1S/C7H16N2S/c1-2-9-5-3-4-7(9)6-10-8/h7H,2-6,8H2,1H3. The van der Waals surface area contributed by atoms with Crippen molar-refractivity contribution in [2.24, 2.45) is 5.14 Å². The molecule has 0 saturated carbocycles. The van der Waals surface area contributed by atoms with Crippen LogP contribution in [0.15, 0.2) is 0 Å². The molecule has 0 amide bonds. The van der Waals surface area contributed by atoms with Gasteiger partial charge in [-0.1, -0.05) is 18.9 Å². The first kappa shape index (κ1) is 8.37. The van der Waals surface area contributed by atoms with Gasteiger partial charge in [0.05, 0.1) is 0 Å². The molecule has 0 aromatic rings. The van der Waals surface area contributed by atoms with E-state index in [0.29, 0.717) is 0 Å². The van der Waals surface area contributed by atoms with Crippen molar-refractivity contribution in [3.63, 3.8) is 0 Å². The van der Waals surface area contributed by atoms with Crippen LogP contribution in [0, 0.1) is 0 Å². The van der Waals surface area contributed by atoms with E-state index in [-0.39, 0.29) is 0 Å². The maximum Gasteiger partial charge on any atom is 0.0233 e. The Labute approximate surface area is 67.3 Å². The Morgan fingerprint density at radius 3 is 3.10 bits per heavy atom. The minimum absolute atomic E-state index is 0.764. The molecule has 0 spiro atoms. The van der Waals surface area contributed by atoms with Crippen molar-refractivity contribution in [3.05, 3.63) is 0 Å². The summed E-state index contributed by atoms with van der Waals surface area (Å²) in [5.41, 5.74) is 0. The molecule has 1 unspecified atom stereocenters. The lowest BCUT2D eigenvalue weighted by atomic mass is 10.2. The van der Waals surface area contributed by atoms with Crippen LogP contribution < -0.4 is 5.14 Å². The quantitative estimate of drug-likeness (QED) is 0.626. The van der Waals surface area contributed by atoms with Crippen LogP contribution in [0.3, 0.4) is 0 Å². The maximum atomic E-state index is 5.42. The molecule has 1 rings (SSSR count). The minimum Gasteiger partial charge on any atom is -0.300 e. The number of hydrogen-bond donors (Lipinski definition) is 1. The second-order valence-corrected chi connectivity index (χ2v) is 3.42. The lowest BCUT2D eigenvalue weighted by molar-refractivity contribution is 0.287. The first-order valence-electron chi connectivity index (χ1n) is 3.94. The molecule has 1 atom stereocenters. The molecule has 1 fully saturated rings. The molecule has 1 aliphatic heterocycles. The van der Waals surface area contributed by atoms with E-state index in [1.54, 1.807) is 0 Å². The normalized spacial score (nSPS) is 27.6. The molecular weight excluding hydrogens is 144 g/mol. The predicted octanol–water partition coefficient (Wildman–Crippen LogP) is 1.08. The van der Waals surface area contributed by atoms with Gasteiger partial charge in [-0.05, 0) is 25.9 Å². The minimum atomic E-state index is 0.764. The summed E-state index contributed by atoms with van der Waals surface area (Å²) in [7, 11) is 0. The lowest BCUT2D eigenvalue weighted by Gasteiger charge is -2.21. The first-order valence-corrected chi connectivity index (χ1v) is 4.99. The third-order valence-electron chi connectivity index (χ3n) is 2.19. The highest BCUT2D eigenvalue weighted by molar-refractivity contribution is 7.97. The van der Waals surface area contributed by atoms with E-state index < -0.39 is 0 Å². The van der Waals surface area contributed by atoms with Crippen LogP contribution in [0.4, 0.5) is 0 Å². The summed E-state index contributed by atoms with van der Waals surface area (Å²) < 4.78 is 0. The van der Waals surface area contributed by atoms with E-state index in [2.05, 4.69) is 11.8 Å². The average Bonchev–Trinajstić information content (AvgIpc) is 2.36. The average molecular weight is 160 g/mol. The Morgan fingerprint density at radius 1 is 1.70 bits per heavy atom. The number of rotatable bonds is 3. The van der Waals surface area contributed by atoms with E-state index in [9.17, 15) is 0 Å². The molecule has 0 bridgehead atoms. The van der Waals surface area contributed by atoms with Crippen molar-refractivity contribution in [3.8, 4) is 0 Å². The third kappa shape index (κ3) is 1.87. The molecule has 2 nitrogen and oxygen atoms in total. The fourth-order valence-corrected chi connectivity index (χ4v) is 2.21. The predicted molar refractivity (Wildman–Crippen MR) is 46.9 cm³/mol. The topological polar surface area (TPSA) is 29.3 Å². The highest BCUT2D eigenvalue weighted by Crippen LogP contribution is 2.18. The van der Waals surface area contributed by atoms with Gasteiger partial charge < -0.3 is 0 Å². The van der Waals surface area contributed by atoms with Gasteiger partial charge in [-0.15, -0.1) is 0 Å². The van der Waals surface area contributed by atoms with Gasteiger partial charge in [-0.25, -0.2) is 0 Å². The second kappa shape index (κ2) is 4.21. The molecule has 0 aromatic heterocycles. The van der Waals surface area contributed by atoms with Gasteiger partial charge in [-0.2, -0.15) is 0 Å². The second-order valence-electron chi connectivity index (χ2n) is 2.76. The van der Waals surface area contributed by atoms with Gasteiger partial charge in [0.1, 0.15) is 0 Å². The van der Waals surface area contributed by atoms with Crippen molar-refractivity contribution in [1.82, 2.24) is 4.90 Å². The fourth-order valence-electron chi connectivity index (χ4n) is 1.61. The molecule has 60 valence electrons. The zero-order valence-corrected chi connectivity index (χ0v) is 7.36. The smallest absolute Gasteiger partial charge is 0.0233 e. The molecule has 0 aliphatic carbocycles. The van der Waals surface area contributed by atoms with Gasteiger partial charge in [0.25, 0.3) is 0 Å². The number of nitrogens with two attached hydrogens (primary N) is 1. The Hall–Kier alpha value is 0.270. The monoisotopic (exact) mass is 160 g/mol. The highest BCUT2D eigenvalue weighted by atomic mass is 32.2. The van der Waals surface area contributed by atoms with E-state index in [0.717, 1.165) is 11.8 Å². The van der Waals surface area contributed by atoms with Crippen LogP contribution >= 0.6 is 11.9 Å².